The number of nitrogens with one attached hydrogen (secondary N) is 7. The Morgan fingerprint density at radius 1 is 0.630 bits per heavy atom. The SMILES string of the molecule is CC(C)C[C@H](NC(=O)[C@@H](N)Cc1ccc(O)cc1)C(=O)N[C@@H](CO)C(=O)N[C@@H](Cc1ccc(O)cc1)C(=O)N[C@H](C(=O)N[C@@H](CC(N)=O)C(=O)N1CCC[C@H]1C(=O)N[C@@H](C)C(=O)N[C@H](C(=O)O)C(C)C)[C@@H](C)O. The van der Waals surface area contributed by atoms with E-state index in [4.69, 9.17) is 11.5 Å². The van der Waals surface area contributed by atoms with Crippen molar-refractivity contribution in [1.82, 2.24) is 42.1 Å². The highest BCUT2D eigenvalue weighted by Crippen LogP contribution is 2.20. The van der Waals surface area contributed by atoms with Crippen molar-refractivity contribution in [2.24, 2.45) is 23.3 Å². The van der Waals surface area contributed by atoms with E-state index in [0.29, 0.717) is 11.1 Å². The van der Waals surface area contributed by atoms with Crippen LogP contribution in [0.4, 0.5) is 0 Å². The molecular formula is C48H70N10O15. The molecule has 0 saturated carbocycles. The number of aromatic hydroxyl groups is 2. The normalized spacial score (nSPS) is 17.0. The standard InChI is InChI=1S/C48H70N10O15/c1-23(2)18-32(52-41(65)31(49)19-27-9-13-29(61)14-10-27)42(66)55-35(22-59)44(68)53-33(20-28-11-15-30(62)16-12-28)43(67)57-39(26(6)60)46(70)54-34(21-37(50)63)47(71)58-17-7-8-36(58)45(69)51-25(5)40(64)56-38(24(3)4)48(72)73/h9-16,23-26,31-36,38-39,59-62H,7-8,17-22,49H2,1-6H3,(H2,50,63)(H,51,69)(H,52,65)(H,53,68)(H,54,70)(H,55,66)(H,56,64)(H,57,67)(H,72,73)/t25-,26+,31-,32-,33-,34-,35-,36-,38-,39-/m0/s1. The van der Waals surface area contributed by atoms with Crippen molar-refractivity contribution in [3.8, 4) is 11.5 Å². The van der Waals surface area contributed by atoms with Crippen LogP contribution in [0.5, 0.6) is 11.5 Å². The predicted molar refractivity (Wildman–Crippen MR) is 260 cm³/mol. The van der Waals surface area contributed by atoms with Crippen LogP contribution in [0.3, 0.4) is 0 Å². The van der Waals surface area contributed by atoms with Crippen molar-refractivity contribution in [2.75, 3.05) is 13.2 Å². The first kappa shape index (κ1) is 59.9. The van der Waals surface area contributed by atoms with Crippen LogP contribution in [0.25, 0.3) is 0 Å². The van der Waals surface area contributed by atoms with Crippen LogP contribution in [0.1, 0.15) is 78.4 Å². The highest BCUT2D eigenvalue weighted by atomic mass is 16.4. The second-order valence-electron chi connectivity index (χ2n) is 18.8. The second kappa shape index (κ2) is 28.0. The number of rotatable bonds is 27. The summed E-state index contributed by atoms with van der Waals surface area (Å²) >= 11 is 0. The molecule has 25 heteroatoms. The molecule has 2 aromatic carbocycles. The van der Waals surface area contributed by atoms with Crippen LogP contribution in [0, 0.1) is 11.8 Å². The Bertz CT molecular complexity index is 2280. The van der Waals surface area contributed by atoms with Crippen LogP contribution in [0.2, 0.25) is 0 Å². The van der Waals surface area contributed by atoms with Gasteiger partial charge in [0.05, 0.1) is 25.2 Å². The average Bonchev–Trinajstić information content (AvgIpc) is 3.81. The molecule has 1 aliphatic heterocycles. The van der Waals surface area contributed by atoms with Crippen molar-refractivity contribution in [2.45, 2.75) is 141 Å². The van der Waals surface area contributed by atoms with Crippen molar-refractivity contribution in [3.05, 3.63) is 59.7 Å². The van der Waals surface area contributed by atoms with Gasteiger partial charge in [0.1, 0.15) is 59.8 Å². The van der Waals surface area contributed by atoms with E-state index < -0.39 is 139 Å². The van der Waals surface area contributed by atoms with Crippen LogP contribution in [-0.4, -0.2) is 163 Å². The van der Waals surface area contributed by atoms with Gasteiger partial charge in [0, 0.05) is 13.0 Å². The number of amides is 9. The smallest absolute Gasteiger partial charge is 0.326 e. The Kier molecular flexibility index (Phi) is 23.0. The van der Waals surface area contributed by atoms with Gasteiger partial charge in [0.15, 0.2) is 0 Å². The molecule has 73 heavy (non-hydrogen) atoms. The summed E-state index contributed by atoms with van der Waals surface area (Å²) in [7, 11) is 0. The highest BCUT2D eigenvalue weighted by molar-refractivity contribution is 5.99. The van der Waals surface area contributed by atoms with Gasteiger partial charge in [0.25, 0.3) is 0 Å². The Balaban J connectivity index is 1.81. The molecule has 9 amide bonds. The number of carbonyl (C=O) groups is 10. The van der Waals surface area contributed by atoms with Crippen molar-refractivity contribution < 1.29 is 73.5 Å². The van der Waals surface area contributed by atoms with Gasteiger partial charge in [-0.15, -0.1) is 0 Å². The predicted octanol–water partition coefficient (Wildman–Crippen LogP) is -3.35. The molecule has 402 valence electrons. The molecule has 1 aliphatic rings. The number of phenols is 2. The highest BCUT2D eigenvalue weighted by Gasteiger charge is 2.41. The fourth-order valence-electron chi connectivity index (χ4n) is 7.77. The van der Waals surface area contributed by atoms with Crippen LogP contribution in [-0.2, 0) is 60.8 Å². The van der Waals surface area contributed by atoms with Gasteiger partial charge in [-0.25, -0.2) is 4.79 Å². The maximum Gasteiger partial charge on any atom is 0.326 e. The number of carboxylic acid groups (broad SMARTS) is 1. The number of aliphatic hydroxyl groups excluding tert-OH is 2. The number of aliphatic carboxylic acids is 1. The number of hydrogen-bond acceptors (Lipinski definition) is 15. The number of primary amides is 1. The summed E-state index contributed by atoms with van der Waals surface area (Å²) < 4.78 is 0. The summed E-state index contributed by atoms with van der Waals surface area (Å²) in [5.74, 6) is -10.7. The monoisotopic (exact) mass is 1030 g/mol. The molecule has 2 aromatic rings. The lowest BCUT2D eigenvalue weighted by Gasteiger charge is -2.31. The minimum atomic E-state index is -1.89. The van der Waals surface area contributed by atoms with E-state index in [-0.39, 0.29) is 56.1 Å². The quantitative estimate of drug-likeness (QED) is 0.0416. The summed E-state index contributed by atoms with van der Waals surface area (Å²) in [5, 5.41) is 66.9. The van der Waals surface area contributed by atoms with Gasteiger partial charge < -0.3 is 79.1 Å². The summed E-state index contributed by atoms with van der Waals surface area (Å²) in [6.07, 6.45) is -2.33. The van der Waals surface area contributed by atoms with E-state index in [1.807, 2.05) is 0 Å². The van der Waals surface area contributed by atoms with E-state index in [1.54, 1.807) is 39.8 Å². The molecule has 0 aromatic heterocycles. The van der Waals surface area contributed by atoms with E-state index >= 15 is 0 Å². The number of likely N-dealkylation sites (tertiary alicyclic amines) is 1. The van der Waals surface area contributed by atoms with Crippen LogP contribution < -0.4 is 48.7 Å². The molecule has 10 atom stereocenters. The molecule has 16 N–H and O–H groups in total. The molecule has 1 fully saturated rings. The van der Waals surface area contributed by atoms with Crippen LogP contribution >= 0.6 is 0 Å². The van der Waals surface area contributed by atoms with E-state index in [0.717, 1.165) is 11.8 Å². The number of nitrogens with zero attached hydrogens (tertiary/aromatic N) is 1. The number of aliphatic hydroxyl groups is 2. The zero-order valence-electron chi connectivity index (χ0n) is 41.6. The number of carbonyl (C=O) groups excluding carboxylic acids is 9. The molecular weight excluding hydrogens is 957 g/mol. The van der Waals surface area contributed by atoms with Gasteiger partial charge >= 0.3 is 5.97 Å². The molecule has 1 heterocycles. The summed E-state index contributed by atoms with van der Waals surface area (Å²) in [6, 6.07) is -1.63. The first-order valence-corrected chi connectivity index (χ1v) is 23.8. The minimum absolute atomic E-state index is 0.0118. The lowest BCUT2D eigenvalue weighted by molar-refractivity contribution is -0.144. The number of benzene rings is 2. The maximum atomic E-state index is 14.1. The lowest BCUT2D eigenvalue weighted by Crippen LogP contribution is -2.62. The molecule has 0 bridgehead atoms. The number of nitrogens with two attached hydrogens (primary N) is 2. The zero-order valence-corrected chi connectivity index (χ0v) is 41.6. The molecule has 0 spiro atoms. The Hall–Kier alpha value is -7.38. The fraction of sp³-hybridized carbons (Fsp3) is 0.542. The average molecular weight is 1030 g/mol. The molecule has 0 radical (unpaired) electrons. The second-order valence-corrected chi connectivity index (χ2v) is 18.8. The van der Waals surface area contributed by atoms with Gasteiger partial charge in [0.2, 0.25) is 53.2 Å². The van der Waals surface area contributed by atoms with Gasteiger partial charge in [-0.1, -0.05) is 52.0 Å². The summed E-state index contributed by atoms with van der Waals surface area (Å²) in [4.78, 5) is 134. The lowest BCUT2D eigenvalue weighted by atomic mass is 10.0. The summed E-state index contributed by atoms with van der Waals surface area (Å²) in [6.45, 7) is 8.10. The number of carboxylic acids is 1. The fourth-order valence-corrected chi connectivity index (χ4v) is 7.77. The van der Waals surface area contributed by atoms with Gasteiger partial charge in [-0.3, -0.25) is 43.2 Å². The topological polar surface area (TPSA) is 411 Å². The van der Waals surface area contributed by atoms with E-state index in [9.17, 15) is 73.5 Å². The Labute approximate surface area is 421 Å². The first-order chi connectivity index (χ1) is 34.2. The number of phenolic OH excluding ortho intramolecular Hbond substituents is 2. The molecule has 1 saturated heterocycles. The third-order valence-electron chi connectivity index (χ3n) is 11.8. The first-order valence-electron chi connectivity index (χ1n) is 23.8. The molecule has 0 unspecified atom stereocenters. The van der Waals surface area contributed by atoms with Gasteiger partial charge in [-0.2, -0.15) is 0 Å². The molecule has 25 nitrogen and oxygen atoms in total. The Morgan fingerprint density at radius 3 is 1.63 bits per heavy atom. The molecule has 3 rings (SSSR count). The third-order valence-corrected chi connectivity index (χ3v) is 11.8. The van der Waals surface area contributed by atoms with Crippen molar-refractivity contribution >= 4 is 59.1 Å². The van der Waals surface area contributed by atoms with E-state index in [2.05, 4.69) is 37.2 Å². The zero-order chi connectivity index (χ0) is 54.9. The van der Waals surface area contributed by atoms with Crippen molar-refractivity contribution in [1.29, 1.82) is 0 Å². The molecule has 0 aliphatic carbocycles. The van der Waals surface area contributed by atoms with Gasteiger partial charge in [-0.05, 0) is 86.8 Å². The number of hydrogen-bond donors (Lipinski definition) is 14. The Morgan fingerprint density at radius 2 is 1.12 bits per heavy atom. The summed E-state index contributed by atoms with van der Waals surface area (Å²) in [5.41, 5.74) is 12.6. The van der Waals surface area contributed by atoms with Crippen LogP contribution in [0.15, 0.2) is 48.5 Å². The van der Waals surface area contributed by atoms with E-state index in [1.165, 1.54) is 43.3 Å². The minimum Gasteiger partial charge on any atom is -0.508 e. The third kappa shape index (κ3) is 18.6. The largest absolute Gasteiger partial charge is 0.508 e. The maximum absolute atomic E-state index is 14.1. The van der Waals surface area contributed by atoms with Crippen molar-refractivity contribution in [3.63, 3.8) is 0 Å².